The van der Waals surface area contributed by atoms with Crippen LogP contribution < -0.4 is 4.90 Å². The molecule has 4 rings (SSSR count). The zero-order valence-electron chi connectivity index (χ0n) is 20.0. The van der Waals surface area contributed by atoms with Crippen LogP contribution in [0.4, 0.5) is 10.2 Å². The van der Waals surface area contributed by atoms with Crippen molar-refractivity contribution >= 4 is 16.9 Å². The van der Waals surface area contributed by atoms with Crippen LogP contribution in [0.3, 0.4) is 0 Å². The molecule has 172 valence electrons. The quantitative estimate of drug-likeness (QED) is 0.294. The molecule has 3 aromatic heterocycles. The number of anilines is 1. The first-order chi connectivity index (χ1) is 15.9. The lowest BCUT2D eigenvalue weighted by Gasteiger charge is -2.25. The molecule has 0 amide bonds. The molecule has 0 radical (unpaired) electrons. The molecule has 0 fully saturated rings. The van der Waals surface area contributed by atoms with Gasteiger partial charge in [0.15, 0.2) is 0 Å². The molecule has 0 unspecified atom stereocenters. The SMILES string of the molecule is CC(C)CCN(CCC(C)C)c1ccc2c(-c3ccncc3)c(-c3ccc(F)cc3)[nH]c2n1. The lowest BCUT2D eigenvalue weighted by Crippen LogP contribution is -2.28. The number of nitrogens with one attached hydrogen (secondary N) is 1. The Kier molecular flexibility index (Phi) is 7.07. The highest BCUT2D eigenvalue weighted by Gasteiger charge is 2.18. The van der Waals surface area contributed by atoms with Gasteiger partial charge < -0.3 is 9.88 Å². The van der Waals surface area contributed by atoms with Crippen LogP contribution in [0.5, 0.6) is 0 Å². The van der Waals surface area contributed by atoms with Crippen LogP contribution in [0.25, 0.3) is 33.4 Å². The molecule has 0 spiro atoms. The first-order valence-electron chi connectivity index (χ1n) is 11.9. The van der Waals surface area contributed by atoms with Gasteiger partial charge in [0.2, 0.25) is 0 Å². The number of nitrogens with zero attached hydrogens (tertiary/aromatic N) is 3. The second kappa shape index (κ2) is 10.2. The van der Waals surface area contributed by atoms with E-state index in [0.717, 1.165) is 65.2 Å². The summed E-state index contributed by atoms with van der Waals surface area (Å²) in [5, 5.41) is 1.05. The maximum atomic E-state index is 13.6. The van der Waals surface area contributed by atoms with Crippen molar-refractivity contribution in [1.29, 1.82) is 0 Å². The molecule has 5 heteroatoms. The maximum absolute atomic E-state index is 13.6. The van der Waals surface area contributed by atoms with Crippen molar-refractivity contribution in [3.63, 3.8) is 0 Å². The van der Waals surface area contributed by atoms with E-state index in [0.29, 0.717) is 11.8 Å². The predicted molar refractivity (Wildman–Crippen MR) is 136 cm³/mol. The Morgan fingerprint density at radius 1 is 0.818 bits per heavy atom. The van der Waals surface area contributed by atoms with Gasteiger partial charge in [-0.05, 0) is 84.3 Å². The Balaban J connectivity index is 1.80. The number of rotatable bonds is 9. The first kappa shape index (κ1) is 23.0. The number of halogens is 1. The van der Waals surface area contributed by atoms with Gasteiger partial charge in [0.25, 0.3) is 0 Å². The largest absolute Gasteiger partial charge is 0.357 e. The number of hydrogen-bond donors (Lipinski definition) is 1. The number of hydrogen-bond acceptors (Lipinski definition) is 3. The Labute approximate surface area is 195 Å². The monoisotopic (exact) mass is 444 g/mol. The molecular weight excluding hydrogens is 411 g/mol. The van der Waals surface area contributed by atoms with Crippen LogP contribution in [0.15, 0.2) is 60.9 Å². The summed E-state index contributed by atoms with van der Waals surface area (Å²) in [6, 6.07) is 14.9. The Morgan fingerprint density at radius 3 is 2.06 bits per heavy atom. The number of aromatic nitrogens is 3. The molecule has 0 saturated heterocycles. The van der Waals surface area contributed by atoms with Gasteiger partial charge in [0.05, 0.1) is 5.69 Å². The van der Waals surface area contributed by atoms with Gasteiger partial charge in [-0.3, -0.25) is 4.98 Å². The molecule has 0 aliphatic carbocycles. The summed E-state index contributed by atoms with van der Waals surface area (Å²) in [7, 11) is 0. The third kappa shape index (κ3) is 5.41. The van der Waals surface area contributed by atoms with Gasteiger partial charge in [0, 0.05) is 36.4 Å². The van der Waals surface area contributed by atoms with Gasteiger partial charge in [0.1, 0.15) is 17.3 Å². The van der Waals surface area contributed by atoms with Crippen molar-refractivity contribution in [3.05, 3.63) is 66.7 Å². The van der Waals surface area contributed by atoms with Crippen molar-refractivity contribution < 1.29 is 4.39 Å². The molecular formula is C28H33FN4. The van der Waals surface area contributed by atoms with Gasteiger partial charge in [-0.25, -0.2) is 9.37 Å². The molecule has 1 N–H and O–H groups in total. The lowest BCUT2D eigenvalue weighted by atomic mass is 10.00. The van der Waals surface area contributed by atoms with E-state index in [1.807, 2.05) is 24.3 Å². The van der Waals surface area contributed by atoms with Crippen LogP contribution in [-0.2, 0) is 0 Å². The third-order valence-electron chi connectivity index (χ3n) is 6.02. The fraction of sp³-hybridized carbons (Fsp3) is 0.357. The highest BCUT2D eigenvalue weighted by atomic mass is 19.1. The minimum Gasteiger partial charge on any atom is -0.357 e. The van der Waals surface area contributed by atoms with Crippen LogP contribution >= 0.6 is 0 Å². The number of pyridine rings is 2. The van der Waals surface area contributed by atoms with E-state index >= 15 is 0 Å². The summed E-state index contributed by atoms with van der Waals surface area (Å²) in [6.45, 7) is 11.0. The zero-order valence-corrected chi connectivity index (χ0v) is 20.0. The standard InChI is InChI=1S/C28H33FN4/c1-19(2)13-17-33(18-14-20(3)4)25-10-9-24-26(21-11-15-30-16-12-21)27(32-28(24)31-25)22-5-7-23(29)8-6-22/h5-12,15-16,19-20H,13-14,17-18H2,1-4H3,(H,31,32). The topological polar surface area (TPSA) is 44.8 Å². The van der Waals surface area contributed by atoms with E-state index in [-0.39, 0.29) is 5.82 Å². The fourth-order valence-corrected chi connectivity index (χ4v) is 4.06. The molecule has 0 atom stereocenters. The maximum Gasteiger partial charge on any atom is 0.140 e. The molecule has 33 heavy (non-hydrogen) atoms. The zero-order chi connectivity index (χ0) is 23.4. The summed E-state index contributed by atoms with van der Waals surface area (Å²) < 4.78 is 13.6. The summed E-state index contributed by atoms with van der Waals surface area (Å²) in [4.78, 5) is 15.2. The van der Waals surface area contributed by atoms with E-state index in [1.165, 1.54) is 12.1 Å². The molecule has 4 nitrogen and oxygen atoms in total. The molecule has 3 heterocycles. The number of H-pyrrole nitrogens is 1. The smallest absolute Gasteiger partial charge is 0.140 e. The summed E-state index contributed by atoms with van der Waals surface area (Å²) >= 11 is 0. The van der Waals surface area contributed by atoms with Crippen molar-refractivity contribution in [2.45, 2.75) is 40.5 Å². The second-order valence-corrected chi connectivity index (χ2v) is 9.54. The van der Waals surface area contributed by atoms with Gasteiger partial charge >= 0.3 is 0 Å². The normalized spacial score (nSPS) is 11.6. The molecule has 1 aromatic carbocycles. The first-order valence-corrected chi connectivity index (χ1v) is 11.9. The molecule has 0 aliphatic rings. The molecule has 4 aromatic rings. The minimum absolute atomic E-state index is 0.244. The van der Waals surface area contributed by atoms with Crippen LogP contribution in [-0.4, -0.2) is 28.0 Å². The molecule has 0 saturated carbocycles. The Hall–Kier alpha value is -3.21. The average molecular weight is 445 g/mol. The van der Waals surface area contributed by atoms with E-state index in [1.54, 1.807) is 12.4 Å². The van der Waals surface area contributed by atoms with Gasteiger partial charge in [-0.15, -0.1) is 0 Å². The lowest BCUT2D eigenvalue weighted by molar-refractivity contribution is 0.533. The number of aromatic amines is 1. The van der Waals surface area contributed by atoms with Gasteiger partial charge in [-0.1, -0.05) is 27.7 Å². The second-order valence-electron chi connectivity index (χ2n) is 9.54. The Morgan fingerprint density at radius 2 is 1.45 bits per heavy atom. The third-order valence-corrected chi connectivity index (χ3v) is 6.02. The van der Waals surface area contributed by atoms with E-state index in [2.05, 4.69) is 54.7 Å². The Bertz CT molecular complexity index is 1170. The summed E-state index contributed by atoms with van der Waals surface area (Å²) in [5.41, 5.74) is 4.84. The predicted octanol–water partition coefficient (Wildman–Crippen LogP) is 7.33. The number of benzene rings is 1. The summed E-state index contributed by atoms with van der Waals surface area (Å²) in [6.07, 6.45) is 5.85. The van der Waals surface area contributed by atoms with Crippen molar-refractivity contribution in [2.24, 2.45) is 11.8 Å². The molecule has 0 aliphatic heterocycles. The minimum atomic E-state index is -0.244. The van der Waals surface area contributed by atoms with Crippen LogP contribution in [0, 0.1) is 17.7 Å². The fourth-order valence-electron chi connectivity index (χ4n) is 4.06. The van der Waals surface area contributed by atoms with Gasteiger partial charge in [-0.2, -0.15) is 0 Å². The number of fused-ring (bicyclic) bond motifs is 1. The highest BCUT2D eigenvalue weighted by Crippen LogP contribution is 2.38. The van der Waals surface area contributed by atoms with Crippen molar-refractivity contribution in [3.8, 4) is 22.4 Å². The summed E-state index contributed by atoms with van der Waals surface area (Å²) in [5.74, 6) is 2.04. The van der Waals surface area contributed by atoms with E-state index in [9.17, 15) is 4.39 Å². The molecule has 0 bridgehead atoms. The van der Waals surface area contributed by atoms with Crippen molar-refractivity contribution in [2.75, 3.05) is 18.0 Å². The van der Waals surface area contributed by atoms with Crippen LogP contribution in [0.2, 0.25) is 0 Å². The average Bonchev–Trinajstić information content (AvgIpc) is 3.18. The van der Waals surface area contributed by atoms with Crippen molar-refractivity contribution in [1.82, 2.24) is 15.0 Å². The highest BCUT2D eigenvalue weighted by molar-refractivity contribution is 6.02. The van der Waals surface area contributed by atoms with E-state index in [4.69, 9.17) is 4.98 Å². The van der Waals surface area contributed by atoms with E-state index < -0.39 is 0 Å². The van der Waals surface area contributed by atoms with Crippen LogP contribution in [0.1, 0.15) is 40.5 Å².